The molecule has 1 aromatic heterocycles. The number of aryl methyl sites for hydroxylation is 1. The number of aliphatic hydroxyl groups is 1. The third-order valence-electron chi connectivity index (χ3n) is 6.04. The lowest BCUT2D eigenvalue weighted by Crippen LogP contribution is -2.38. The fourth-order valence-corrected chi connectivity index (χ4v) is 4.70. The molecule has 3 aromatic carbocycles. The summed E-state index contributed by atoms with van der Waals surface area (Å²) in [6.07, 6.45) is 2.44. The van der Waals surface area contributed by atoms with E-state index >= 15 is 0 Å². The number of fused-ring (bicyclic) bond motifs is 2. The standard InChI is InChI=1S/C26H26ClN3O/c27-21-13-11-19(12-14-21)16-26-28-23-8-2-4-10-25(23)30(26)18-22(31)17-29-15-5-7-20-6-1-3-9-24(20)29/h1-4,6,8-14,22,31H,5,7,15-18H2/t22-/m0/s1. The quantitative estimate of drug-likeness (QED) is 0.462. The van der Waals surface area contributed by atoms with Gasteiger partial charge in [0.05, 0.1) is 23.7 Å². The Morgan fingerprint density at radius 3 is 2.58 bits per heavy atom. The van der Waals surface area contributed by atoms with Crippen LogP contribution in [0.5, 0.6) is 0 Å². The van der Waals surface area contributed by atoms with Gasteiger partial charge in [-0.3, -0.25) is 0 Å². The number of hydrogen-bond donors (Lipinski definition) is 1. The number of para-hydroxylation sites is 3. The van der Waals surface area contributed by atoms with Gasteiger partial charge in [0.2, 0.25) is 0 Å². The molecule has 1 aliphatic heterocycles. The second kappa shape index (κ2) is 8.74. The fraction of sp³-hybridized carbons (Fsp3) is 0.269. The van der Waals surface area contributed by atoms with Crippen molar-refractivity contribution in [1.29, 1.82) is 0 Å². The molecule has 1 atom stereocenters. The summed E-state index contributed by atoms with van der Waals surface area (Å²) < 4.78 is 2.17. The van der Waals surface area contributed by atoms with Gasteiger partial charge >= 0.3 is 0 Å². The highest BCUT2D eigenvalue weighted by Crippen LogP contribution is 2.27. The number of rotatable bonds is 6. The summed E-state index contributed by atoms with van der Waals surface area (Å²) in [5, 5.41) is 11.8. The molecule has 0 fully saturated rings. The van der Waals surface area contributed by atoms with Crippen LogP contribution in [0.2, 0.25) is 5.02 Å². The molecule has 0 spiro atoms. The maximum absolute atomic E-state index is 11.1. The summed E-state index contributed by atoms with van der Waals surface area (Å²) in [6.45, 7) is 2.11. The molecule has 0 saturated carbocycles. The van der Waals surface area contributed by atoms with E-state index in [4.69, 9.17) is 16.6 Å². The Labute approximate surface area is 187 Å². The molecule has 0 radical (unpaired) electrons. The molecule has 5 rings (SSSR count). The van der Waals surface area contributed by atoms with Crippen molar-refractivity contribution in [2.24, 2.45) is 0 Å². The zero-order valence-corrected chi connectivity index (χ0v) is 18.2. The topological polar surface area (TPSA) is 41.3 Å². The molecule has 2 heterocycles. The first-order valence-electron chi connectivity index (χ1n) is 10.9. The molecule has 31 heavy (non-hydrogen) atoms. The van der Waals surface area contributed by atoms with Gasteiger partial charge in [-0.2, -0.15) is 0 Å². The molecule has 158 valence electrons. The monoisotopic (exact) mass is 431 g/mol. The maximum Gasteiger partial charge on any atom is 0.114 e. The summed E-state index contributed by atoms with van der Waals surface area (Å²) in [7, 11) is 0. The molecule has 0 bridgehead atoms. The molecular weight excluding hydrogens is 406 g/mol. The maximum atomic E-state index is 11.1. The van der Waals surface area contributed by atoms with E-state index in [-0.39, 0.29) is 0 Å². The molecule has 4 aromatic rings. The lowest BCUT2D eigenvalue weighted by atomic mass is 10.0. The van der Waals surface area contributed by atoms with Crippen molar-refractivity contribution in [2.75, 3.05) is 18.0 Å². The van der Waals surface area contributed by atoms with Crippen molar-refractivity contribution in [2.45, 2.75) is 31.9 Å². The predicted octanol–water partition coefficient (Wildman–Crippen LogP) is 5.09. The average Bonchev–Trinajstić information content (AvgIpc) is 3.12. The SMILES string of the molecule is O[C@@H](CN1CCCc2ccccc21)Cn1c(Cc2ccc(Cl)cc2)nc2ccccc21. The number of aliphatic hydroxyl groups excluding tert-OH is 1. The van der Waals surface area contributed by atoms with Gasteiger partial charge < -0.3 is 14.6 Å². The number of hydrogen-bond acceptors (Lipinski definition) is 3. The first-order chi connectivity index (χ1) is 15.2. The third kappa shape index (κ3) is 4.32. The Kier molecular flexibility index (Phi) is 5.66. The number of nitrogens with zero attached hydrogens (tertiary/aromatic N) is 3. The smallest absolute Gasteiger partial charge is 0.114 e. The third-order valence-corrected chi connectivity index (χ3v) is 6.29. The van der Waals surface area contributed by atoms with Gasteiger partial charge in [0, 0.05) is 30.2 Å². The molecule has 0 aliphatic carbocycles. The molecule has 0 saturated heterocycles. The van der Waals surface area contributed by atoms with Gasteiger partial charge in [0.15, 0.2) is 0 Å². The van der Waals surface area contributed by atoms with Crippen molar-refractivity contribution < 1.29 is 5.11 Å². The Hall–Kier alpha value is -2.82. The fourth-order valence-electron chi connectivity index (χ4n) is 4.57. The molecule has 1 N–H and O–H groups in total. The Morgan fingerprint density at radius 2 is 1.71 bits per heavy atom. The molecule has 0 unspecified atom stereocenters. The van der Waals surface area contributed by atoms with Crippen LogP contribution in [0.25, 0.3) is 11.0 Å². The minimum absolute atomic E-state index is 0.493. The summed E-state index contributed by atoms with van der Waals surface area (Å²) in [4.78, 5) is 7.19. The molecule has 4 nitrogen and oxygen atoms in total. The van der Waals surface area contributed by atoms with Crippen molar-refractivity contribution in [3.05, 3.63) is 94.8 Å². The summed E-state index contributed by atoms with van der Waals surface area (Å²) >= 11 is 6.05. The van der Waals surface area contributed by atoms with E-state index in [1.165, 1.54) is 11.3 Å². The second-order valence-electron chi connectivity index (χ2n) is 8.26. The van der Waals surface area contributed by atoms with Crippen LogP contribution in [-0.2, 0) is 19.4 Å². The van der Waals surface area contributed by atoms with Gasteiger partial charge in [0.1, 0.15) is 5.82 Å². The minimum Gasteiger partial charge on any atom is -0.389 e. The lowest BCUT2D eigenvalue weighted by Gasteiger charge is -2.33. The van der Waals surface area contributed by atoms with Crippen LogP contribution in [0.4, 0.5) is 5.69 Å². The first-order valence-corrected chi connectivity index (χ1v) is 11.2. The first kappa shape index (κ1) is 20.1. The van der Waals surface area contributed by atoms with Crippen LogP contribution < -0.4 is 4.90 Å². The van der Waals surface area contributed by atoms with Crippen LogP contribution in [0, 0.1) is 0 Å². The minimum atomic E-state index is -0.493. The Balaban J connectivity index is 1.40. The van der Waals surface area contributed by atoms with Gasteiger partial charge in [-0.15, -0.1) is 0 Å². The number of imidazole rings is 1. The number of halogens is 1. The van der Waals surface area contributed by atoms with Crippen molar-refractivity contribution >= 4 is 28.3 Å². The zero-order chi connectivity index (χ0) is 21.2. The lowest BCUT2D eigenvalue weighted by molar-refractivity contribution is 0.159. The van der Waals surface area contributed by atoms with Crippen LogP contribution in [-0.4, -0.2) is 33.9 Å². The largest absolute Gasteiger partial charge is 0.389 e. The van der Waals surface area contributed by atoms with Gasteiger partial charge in [-0.05, 0) is 54.3 Å². The summed E-state index contributed by atoms with van der Waals surface area (Å²) in [5.41, 5.74) is 5.80. The number of aromatic nitrogens is 2. The van der Waals surface area contributed by atoms with E-state index in [1.54, 1.807) is 0 Å². The molecule has 5 heteroatoms. The van der Waals surface area contributed by atoms with Gasteiger partial charge in [-0.1, -0.05) is 54.1 Å². The normalized spacial score (nSPS) is 14.6. The van der Waals surface area contributed by atoms with Crippen molar-refractivity contribution in [3.8, 4) is 0 Å². The number of β-amino-alcohol motifs (C(OH)–C–C–N with tert-alkyl or cyclic N) is 1. The highest BCUT2D eigenvalue weighted by Gasteiger charge is 2.21. The van der Waals surface area contributed by atoms with Gasteiger partial charge in [0.25, 0.3) is 0 Å². The van der Waals surface area contributed by atoms with Crippen LogP contribution in [0.1, 0.15) is 23.4 Å². The second-order valence-corrected chi connectivity index (χ2v) is 8.70. The van der Waals surface area contributed by atoms with Crippen LogP contribution in [0.3, 0.4) is 0 Å². The van der Waals surface area contributed by atoms with Crippen LogP contribution in [0.15, 0.2) is 72.8 Å². The van der Waals surface area contributed by atoms with E-state index in [0.717, 1.165) is 46.8 Å². The highest BCUT2D eigenvalue weighted by atomic mass is 35.5. The number of benzene rings is 3. The van der Waals surface area contributed by atoms with E-state index in [0.29, 0.717) is 19.5 Å². The number of anilines is 1. The van der Waals surface area contributed by atoms with Gasteiger partial charge in [-0.25, -0.2) is 4.98 Å². The van der Waals surface area contributed by atoms with Crippen LogP contribution >= 0.6 is 11.6 Å². The Morgan fingerprint density at radius 1 is 0.935 bits per heavy atom. The molecule has 0 amide bonds. The van der Waals surface area contributed by atoms with Crippen molar-refractivity contribution in [1.82, 2.24) is 9.55 Å². The van der Waals surface area contributed by atoms with Crippen molar-refractivity contribution in [3.63, 3.8) is 0 Å². The summed E-state index contributed by atoms with van der Waals surface area (Å²) in [6, 6.07) is 24.6. The predicted molar refractivity (Wildman–Crippen MR) is 127 cm³/mol. The highest BCUT2D eigenvalue weighted by molar-refractivity contribution is 6.30. The molecular formula is C26H26ClN3O. The summed E-state index contributed by atoms with van der Waals surface area (Å²) in [5.74, 6) is 0.960. The van der Waals surface area contributed by atoms with E-state index in [1.807, 2.05) is 42.5 Å². The van der Waals surface area contributed by atoms with E-state index < -0.39 is 6.10 Å². The Bertz CT molecular complexity index is 1180. The van der Waals surface area contributed by atoms with E-state index in [2.05, 4.69) is 39.8 Å². The zero-order valence-electron chi connectivity index (χ0n) is 17.4. The molecule has 1 aliphatic rings. The van der Waals surface area contributed by atoms with E-state index in [9.17, 15) is 5.11 Å². The average molecular weight is 432 g/mol.